The van der Waals surface area contributed by atoms with Gasteiger partial charge in [-0.2, -0.15) is 0 Å². The van der Waals surface area contributed by atoms with E-state index in [1.165, 1.54) is 0 Å². The van der Waals surface area contributed by atoms with E-state index in [4.69, 9.17) is 0 Å². The number of hydrogen-bond acceptors (Lipinski definition) is 4. The normalized spacial score (nSPS) is 36.4. The summed E-state index contributed by atoms with van der Waals surface area (Å²) in [5.41, 5.74) is 0. The lowest BCUT2D eigenvalue weighted by Crippen LogP contribution is -2.51. The molecule has 0 aromatic rings. The first kappa shape index (κ1) is 10.4. The Bertz CT molecular complexity index is 180. The largest absolute Gasteiger partial charge is 0.396 e. The molecule has 2 heterocycles. The lowest BCUT2D eigenvalue weighted by atomic mass is 10.0. The maximum atomic E-state index is 9.24. The molecule has 0 aromatic heterocycles. The third-order valence-corrected chi connectivity index (χ3v) is 3.55. The molecule has 82 valence electrons. The summed E-state index contributed by atoms with van der Waals surface area (Å²) in [7, 11) is 2.17. The van der Waals surface area contributed by atoms with Crippen LogP contribution >= 0.6 is 0 Å². The SMILES string of the molecule is CN1CCN(C2CNCC2CO)CC1. The van der Waals surface area contributed by atoms with Crippen molar-refractivity contribution in [1.82, 2.24) is 15.1 Å². The van der Waals surface area contributed by atoms with Crippen molar-refractivity contribution in [3.05, 3.63) is 0 Å². The van der Waals surface area contributed by atoms with E-state index in [0.717, 1.165) is 39.3 Å². The predicted molar refractivity (Wildman–Crippen MR) is 56.3 cm³/mol. The maximum Gasteiger partial charge on any atom is 0.0486 e. The van der Waals surface area contributed by atoms with E-state index in [1.807, 2.05) is 0 Å². The summed E-state index contributed by atoms with van der Waals surface area (Å²) in [4.78, 5) is 4.90. The van der Waals surface area contributed by atoms with Crippen molar-refractivity contribution in [3.8, 4) is 0 Å². The monoisotopic (exact) mass is 199 g/mol. The summed E-state index contributed by atoms with van der Waals surface area (Å²) in [5, 5.41) is 12.6. The number of nitrogens with zero attached hydrogens (tertiary/aromatic N) is 2. The molecule has 2 atom stereocenters. The van der Waals surface area contributed by atoms with Crippen molar-refractivity contribution in [2.75, 3.05) is 52.9 Å². The Morgan fingerprint density at radius 1 is 1.21 bits per heavy atom. The molecule has 2 aliphatic rings. The van der Waals surface area contributed by atoms with Crippen LogP contribution in [0.2, 0.25) is 0 Å². The van der Waals surface area contributed by atoms with E-state index in [0.29, 0.717) is 18.6 Å². The van der Waals surface area contributed by atoms with Crippen molar-refractivity contribution in [1.29, 1.82) is 0 Å². The number of nitrogens with one attached hydrogen (secondary N) is 1. The summed E-state index contributed by atoms with van der Waals surface area (Å²) in [6.07, 6.45) is 0. The molecule has 4 nitrogen and oxygen atoms in total. The first-order valence-corrected chi connectivity index (χ1v) is 5.55. The van der Waals surface area contributed by atoms with E-state index in [9.17, 15) is 5.11 Å². The first-order valence-electron chi connectivity index (χ1n) is 5.55. The van der Waals surface area contributed by atoms with Gasteiger partial charge in [0.15, 0.2) is 0 Å². The van der Waals surface area contributed by atoms with Gasteiger partial charge in [0, 0.05) is 57.8 Å². The second-order valence-electron chi connectivity index (χ2n) is 4.51. The van der Waals surface area contributed by atoms with Crippen LogP contribution in [0.3, 0.4) is 0 Å². The third-order valence-electron chi connectivity index (χ3n) is 3.55. The number of hydrogen-bond donors (Lipinski definition) is 2. The molecule has 0 bridgehead atoms. The molecule has 0 radical (unpaired) electrons. The molecular formula is C10H21N3O. The van der Waals surface area contributed by atoms with Crippen LogP contribution in [0.4, 0.5) is 0 Å². The van der Waals surface area contributed by atoms with Crippen LogP contribution in [0.1, 0.15) is 0 Å². The number of piperazine rings is 1. The summed E-state index contributed by atoms with van der Waals surface area (Å²) in [5.74, 6) is 0.443. The van der Waals surface area contributed by atoms with Crippen molar-refractivity contribution in [3.63, 3.8) is 0 Å². The van der Waals surface area contributed by atoms with Crippen LogP contribution in [0, 0.1) is 5.92 Å². The van der Waals surface area contributed by atoms with Gasteiger partial charge in [0.05, 0.1) is 0 Å². The topological polar surface area (TPSA) is 38.7 Å². The fourth-order valence-corrected chi connectivity index (χ4v) is 2.49. The van der Waals surface area contributed by atoms with Gasteiger partial charge in [-0.15, -0.1) is 0 Å². The zero-order valence-electron chi connectivity index (χ0n) is 8.95. The molecule has 4 heteroatoms. The quantitative estimate of drug-likeness (QED) is 0.587. The molecular weight excluding hydrogens is 178 g/mol. The standard InChI is InChI=1S/C10H21N3O/c1-12-2-4-13(5-3-12)10-7-11-6-9(10)8-14/h9-11,14H,2-8H2,1H3. The lowest BCUT2D eigenvalue weighted by molar-refractivity contribution is 0.0805. The third kappa shape index (κ3) is 2.08. The van der Waals surface area contributed by atoms with Crippen LogP contribution in [-0.4, -0.2) is 73.9 Å². The van der Waals surface area contributed by atoms with Crippen LogP contribution < -0.4 is 5.32 Å². The highest BCUT2D eigenvalue weighted by molar-refractivity contribution is 4.90. The summed E-state index contributed by atoms with van der Waals surface area (Å²) < 4.78 is 0. The molecule has 0 aliphatic carbocycles. The van der Waals surface area contributed by atoms with Gasteiger partial charge >= 0.3 is 0 Å². The van der Waals surface area contributed by atoms with E-state index in [-0.39, 0.29) is 0 Å². The molecule has 2 rings (SSSR count). The highest BCUT2D eigenvalue weighted by atomic mass is 16.3. The summed E-state index contributed by atoms with van der Waals surface area (Å²) >= 11 is 0. The maximum absolute atomic E-state index is 9.24. The molecule has 2 unspecified atom stereocenters. The van der Waals surface area contributed by atoms with Crippen LogP contribution in [0.5, 0.6) is 0 Å². The highest BCUT2D eigenvalue weighted by Gasteiger charge is 2.32. The van der Waals surface area contributed by atoms with E-state index < -0.39 is 0 Å². The Hall–Kier alpha value is -0.160. The zero-order chi connectivity index (χ0) is 9.97. The van der Waals surface area contributed by atoms with Crippen molar-refractivity contribution < 1.29 is 5.11 Å². The molecule has 2 saturated heterocycles. The number of rotatable bonds is 2. The fraction of sp³-hybridized carbons (Fsp3) is 1.00. The highest BCUT2D eigenvalue weighted by Crippen LogP contribution is 2.16. The molecule has 14 heavy (non-hydrogen) atoms. The Kier molecular flexibility index (Phi) is 3.38. The zero-order valence-corrected chi connectivity index (χ0v) is 8.95. The molecule has 0 amide bonds. The van der Waals surface area contributed by atoms with E-state index in [2.05, 4.69) is 22.2 Å². The second-order valence-corrected chi connectivity index (χ2v) is 4.51. The van der Waals surface area contributed by atoms with Gasteiger partial charge in [0.2, 0.25) is 0 Å². The minimum Gasteiger partial charge on any atom is -0.396 e. The molecule has 2 aliphatic heterocycles. The lowest BCUT2D eigenvalue weighted by Gasteiger charge is -2.38. The van der Waals surface area contributed by atoms with Crippen molar-refractivity contribution >= 4 is 0 Å². The van der Waals surface area contributed by atoms with Gasteiger partial charge in [-0.25, -0.2) is 0 Å². The smallest absolute Gasteiger partial charge is 0.0486 e. The van der Waals surface area contributed by atoms with Crippen LogP contribution in [0.15, 0.2) is 0 Å². The number of aliphatic hydroxyl groups excluding tert-OH is 1. The fourth-order valence-electron chi connectivity index (χ4n) is 2.49. The number of likely N-dealkylation sites (N-methyl/N-ethyl adjacent to an activating group) is 1. The van der Waals surface area contributed by atoms with Gasteiger partial charge < -0.3 is 15.3 Å². The predicted octanol–water partition coefficient (Wildman–Crippen LogP) is -1.19. The van der Waals surface area contributed by atoms with E-state index >= 15 is 0 Å². The van der Waals surface area contributed by atoms with Gasteiger partial charge in [0.25, 0.3) is 0 Å². The minimum atomic E-state index is 0.323. The van der Waals surface area contributed by atoms with Crippen molar-refractivity contribution in [2.45, 2.75) is 6.04 Å². The molecule has 0 spiro atoms. The first-order chi connectivity index (χ1) is 6.81. The average Bonchev–Trinajstić information content (AvgIpc) is 2.67. The van der Waals surface area contributed by atoms with Gasteiger partial charge in [-0.1, -0.05) is 0 Å². The summed E-state index contributed by atoms with van der Waals surface area (Å²) in [6.45, 7) is 6.98. The van der Waals surface area contributed by atoms with Crippen LogP contribution in [-0.2, 0) is 0 Å². The van der Waals surface area contributed by atoms with Gasteiger partial charge in [-0.05, 0) is 7.05 Å². The Labute approximate surface area is 85.9 Å². The Morgan fingerprint density at radius 3 is 2.57 bits per heavy atom. The molecule has 0 saturated carbocycles. The average molecular weight is 199 g/mol. The van der Waals surface area contributed by atoms with Crippen molar-refractivity contribution in [2.24, 2.45) is 5.92 Å². The number of aliphatic hydroxyl groups is 1. The molecule has 0 aromatic carbocycles. The van der Waals surface area contributed by atoms with Gasteiger partial charge in [0.1, 0.15) is 0 Å². The Balaban J connectivity index is 1.88. The van der Waals surface area contributed by atoms with Gasteiger partial charge in [-0.3, -0.25) is 4.90 Å². The summed E-state index contributed by atoms with van der Waals surface area (Å²) in [6, 6.07) is 0.564. The molecule has 2 fully saturated rings. The van der Waals surface area contributed by atoms with E-state index in [1.54, 1.807) is 0 Å². The molecule has 2 N–H and O–H groups in total. The second kappa shape index (κ2) is 4.57. The minimum absolute atomic E-state index is 0.323. The van der Waals surface area contributed by atoms with Crippen LogP contribution in [0.25, 0.3) is 0 Å². The Morgan fingerprint density at radius 2 is 1.93 bits per heavy atom.